The van der Waals surface area contributed by atoms with E-state index in [0.717, 1.165) is 23.7 Å². The molecule has 0 aromatic carbocycles. The van der Waals surface area contributed by atoms with E-state index in [1.165, 1.54) is 44.9 Å². The van der Waals surface area contributed by atoms with Crippen molar-refractivity contribution in [3.8, 4) is 0 Å². The monoisotopic (exact) mass is 290 g/mol. The lowest BCUT2D eigenvalue weighted by Gasteiger charge is -2.58. The van der Waals surface area contributed by atoms with Crippen LogP contribution >= 0.6 is 0 Å². The predicted octanol–water partition coefficient (Wildman–Crippen LogP) is 6.69. The highest BCUT2D eigenvalue weighted by Gasteiger charge is 2.68. The lowest BCUT2D eigenvalue weighted by atomic mass is 9.46. The highest BCUT2D eigenvalue weighted by molar-refractivity contribution is 5.16. The highest BCUT2D eigenvalue weighted by atomic mass is 14.7. The smallest absolute Gasteiger partial charge is 0.0182 e. The first-order valence-electron chi connectivity index (χ1n) is 9.79. The van der Waals surface area contributed by atoms with Crippen molar-refractivity contribution in [3.05, 3.63) is 0 Å². The molecule has 0 aromatic heterocycles. The molecule has 3 rings (SSSR count). The Kier molecular flexibility index (Phi) is 3.78. The zero-order valence-corrected chi connectivity index (χ0v) is 15.5. The fourth-order valence-corrected chi connectivity index (χ4v) is 7.65. The topological polar surface area (TPSA) is 0 Å². The Hall–Kier alpha value is 0. The van der Waals surface area contributed by atoms with Gasteiger partial charge in [0, 0.05) is 0 Å². The Morgan fingerprint density at radius 3 is 2.14 bits per heavy atom. The maximum absolute atomic E-state index is 2.66. The zero-order valence-electron chi connectivity index (χ0n) is 15.5. The Morgan fingerprint density at radius 2 is 1.57 bits per heavy atom. The summed E-state index contributed by atoms with van der Waals surface area (Å²) in [5.41, 5.74) is 1.77. The summed E-state index contributed by atoms with van der Waals surface area (Å²) in [6, 6.07) is 0. The molecular formula is C21H38. The van der Waals surface area contributed by atoms with Crippen molar-refractivity contribution in [3.63, 3.8) is 0 Å². The Morgan fingerprint density at radius 1 is 0.952 bits per heavy atom. The molecule has 0 aliphatic heterocycles. The summed E-state index contributed by atoms with van der Waals surface area (Å²) in [6.45, 7) is 15.6. The molecule has 3 fully saturated rings. The number of fused-ring (bicyclic) bond motifs is 2. The molecule has 0 heterocycles. The van der Waals surface area contributed by atoms with Crippen molar-refractivity contribution in [2.45, 2.75) is 92.9 Å². The molecule has 0 aromatic rings. The molecule has 122 valence electrons. The van der Waals surface area contributed by atoms with E-state index in [-0.39, 0.29) is 0 Å². The first-order chi connectivity index (χ1) is 9.79. The molecule has 5 unspecified atom stereocenters. The van der Waals surface area contributed by atoms with Crippen LogP contribution in [0.2, 0.25) is 0 Å². The van der Waals surface area contributed by atoms with Crippen molar-refractivity contribution in [1.82, 2.24) is 0 Å². The quantitative estimate of drug-likeness (QED) is 0.543. The zero-order chi connectivity index (χ0) is 15.5. The van der Waals surface area contributed by atoms with E-state index in [0.29, 0.717) is 16.2 Å². The molecule has 0 N–H and O–H groups in total. The second-order valence-corrected chi connectivity index (χ2v) is 9.83. The van der Waals surface area contributed by atoms with Gasteiger partial charge in [0.05, 0.1) is 0 Å². The van der Waals surface area contributed by atoms with Crippen LogP contribution in [0.1, 0.15) is 92.9 Å². The number of rotatable bonds is 3. The van der Waals surface area contributed by atoms with Crippen LogP contribution in [0.5, 0.6) is 0 Å². The van der Waals surface area contributed by atoms with Crippen LogP contribution in [0.3, 0.4) is 0 Å². The minimum Gasteiger partial charge on any atom is -0.0654 e. The summed E-state index contributed by atoms with van der Waals surface area (Å²) in [4.78, 5) is 0. The summed E-state index contributed by atoms with van der Waals surface area (Å²) >= 11 is 0. The number of hydrogen-bond acceptors (Lipinski definition) is 0. The van der Waals surface area contributed by atoms with Crippen LogP contribution in [-0.4, -0.2) is 0 Å². The Bertz CT molecular complexity index is 389. The molecule has 0 spiro atoms. The van der Waals surface area contributed by atoms with Crippen LogP contribution in [0, 0.1) is 39.9 Å². The van der Waals surface area contributed by atoms with E-state index in [1.807, 2.05) is 0 Å². The third-order valence-corrected chi connectivity index (χ3v) is 9.10. The maximum atomic E-state index is 2.66. The van der Waals surface area contributed by atoms with Crippen LogP contribution < -0.4 is 0 Å². The van der Waals surface area contributed by atoms with Gasteiger partial charge in [-0.05, 0) is 72.0 Å². The normalized spacial score (nSPS) is 49.7. The number of hydrogen-bond donors (Lipinski definition) is 0. The van der Waals surface area contributed by atoms with E-state index < -0.39 is 0 Å². The molecule has 0 heteroatoms. The van der Waals surface area contributed by atoms with Gasteiger partial charge in [-0.25, -0.2) is 0 Å². The fraction of sp³-hybridized carbons (Fsp3) is 1.00. The van der Waals surface area contributed by atoms with Crippen LogP contribution in [0.4, 0.5) is 0 Å². The summed E-state index contributed by atoms with van der Waals surface area (Å²) in [6.07, 6.45) is 11.9. The summed E-state index contributed by atoms with van der Waals surface area (Å²) in [5, 5.41) is 0. The molecule has 3 aliphatic rings. The Labute approximate surface area is 133 Å². The molecule has 2 bridgehead atoms. The largest absolute Gasteiger partial charge is 0.0654 e. The summed E-state index contributed by atoms with van der Waals surface area (Å²) < 4.78 is 0. The van der Waals surface area contributed by atoms with E-state index in [1.54, 1.807) is 6.42 Å². The van der Waals surface area contributed by atoms with Gasteiger partial charge in [0.2, 0.25) is 0 Å². The maximum Gasteiger partial charge on any atom is -0.0182 e. The van der Waals surface area contributed by atoms with Gasteiger partial charge in [0.25, 0.3) is 0 Å². The fourth-order valence-electron chi connectivity index (χ4n) is 7.65. The van der Waals surface area contributed by atoms with Crippen LogP contribution in [-0.2, 0) is 0 Å². The molecule has 3 aliphatic carbocycles. The average Bonchev–Trinajstić information content (AvgIpc) is 2.99. The summed E-state index contributed by atoms with van der Waals surface area (Å²) in [7, 11) is 0. The third-order valence-electron chi connectivity index (χ3n) is 9.10. The molecule has 0 saturated heterocycles. The second-order valence-electron chi connectivity index (χ2n) is 9.83. The molecule has 21 heavy (non-hydrogen) atoms. The van der Waals surface area contributed by atoms with E-state index in [2.05, 4.69) is 41.5 Å². The van der Waals surface area contributed by atoms with Gasteiger partial charge >= 0.3 is 0 Å². The molecule has 3 saturated carbocycles. The van der Waals surface area contributed by atoms with Gasteiger partial charge in [-0.15, -0.1) is 0 Å². The van der Waals surface area contributed by atoms with Gasteiger partial charge in [0.1, 0.15) is 0 Å². The molecule has 5 atom stereocenters. The minimum atomic E-state index is 0.539. The van der Waals surface area contributed by atoms with Crippen LogP contribution in [0.25, 0.3) is 0 Å². The van der Waals surface area contributed by atoms with Gasteiger partial charge < -0.3 is 0 Å². The Balaban J connectivity index is 2.07. The lowest BCUT2D eigenvalue weighted by Crippen LogP contribution is -2.52. The van der Waals surface area contributed by atoms with E-state index >= 15 is 0 Å². The van der Waals surface area contributed by atoms with Gasteiger partial charge in [-0.3, -0.25) is 0 Å². The van der Waals surface area contributed by atoms with Crippen LogP contribution in [0.15, 0.2) is 0 Å². The van der Waals surface area contributed by atoms with Crippen molar-refractivity contribution in [2.24, 2.45) is 39.9 Å². The summed E-state index contributed by atoms with van der Waals surface area (Å²) in [5.74, 6) is 3.84. The SMILES string of the molecule is CCCC1(C)CC2CC(C3CCCC3)(C1C)C(C)(C)C2C. The first-order valence-corrected chi connectivity index (χ1v) is 9.79. The van der Waals surface area contributed by atoms with E-state index in [9.17, 15) is 0 Å². The van der Waals surface area contributed by atoms with Gasteiger partial charge in [-0.1, -0.05) is 60.8 Å². The molecule has 0 amide bonds. The van der Waals surface area contributed by atoms with Gasteiger partial charge in [-0.2, -0.15) is 0 Å². The lowest BCUT2D eigenvalue weighted by molar-refractivity contribution is -0.0994. The van der Waals surface area contributed by atoms with Crippen molar-refractivity contribution in [2.75, 3.05) is 0 Å². The molecule has 0 radical (unpaired) electrons. The van der Waals surface area contributed by atoms with Crippen molar-refractivity contribution >= 4 is 0 Å². The predicted molar refractivity (Wildman–Crippen MR) is 92.2 cm³/mol. The minimum absolute atomic E-state index is 0.539. The standard InChI is InChI=1S/C21H38/c1-7-12-20(6)13-17-14-21(16(20)3,18-10-8-9-11-18)19(4,5)15(17)2/h15-18H,7-14H2,1-6H3. The molecule has 0 nitrogen and oxygen atoms in total. The molecular weight excluding hydrogens is 252 g/mol. The highest BCUT2D eigenvalue weighted by Crippen LogP contribution is 2.75. The second kappa shape index (κ2) is 5.00. The van der Waals surface area contributed by atoms with E-state index in [4.69, 9.17) is 0 Å². The third kappa shape index (κ3) is 1.93. The van der Waals surface area contributed by atoms with Crippen molar-refractivity contribution < 1.29 is 0 Å². The van der Waals surface area contributed by atoms with Crippen molar-refractivity contribution in [1.29, 1.82) is 0 Å². The average molecular weight is 291 g/mol. The van der Waals surface area contributed by atoms with Gasteiger partial charge in [0.15, 0.2) is 0 Å². The first kappa shape index (κ1) is 15.9.